The van der Waals surface area contributed by atoms with Crippen LogP contribution in [-0.2, 0) is 6.42 Å². The summed E-state index contributed by atoms with van der Waals surface area (Å²) in [5, 5.41) is 11.7. The third kappa shape index (κ3) is 2.72. The summed E-state index contributed by atoms with van der Waals surface area (Å²) in [7, 11) is 0. The fraction of sp³-hybridized carbons (Fsp3) is 0.357. The van der Waals surface area contributed by atoms with Gasteiger partial charge in [0, 0.05) is 0 Å². The van der Waals surface area contributed by atoms with Crippen molar-refractivity contribution in [3.05, 3.63) is 47.0 Å². The summed E-state index contributed by atoms with van der Waals surface area (Å²) in [4.78, 5) is 0. The van der Waals surface area contributed by atoms with Gasteiger partial charge in [0.05, 0.1) is 6.21 Å². The molecular formula is C14H17NO. The maximum absolute atomic E-state index is 8.56. The van der Waals surface area contributed by atoms with E-state index >= 15 is 0 Å². The summed E-state index contributed by atoms with van der Waals surface area (Å²) >= 11 is 0. The largest absolute Gasteiger partial charge is 0.411 e. The summed E-state index contributed by atoms with van der Waals surface area (Å²) < 4.78 is 0. The Kier molecular flexibility index (Phi) is 3.76. The van der Waals surface area contributed by atoms with Gasteiger partial charge in [0.15, 0.2) is 0 Å². The SMILES string of the molecule is O/N=C/C1=C(CCc2ccccc2)CCC1. The zero-order valence-corrected chi connectivity index (χ0v) is 9.39. The predicted octanol–water partition coefficient (Wildman–Crippen LogP) is 3.56. The van der Waals surface area contributed by atoms with Crippen LogP contribution in [0, 0.1) is 0 Å². The normalized spacial score (nSPS) is 16.2. The summed E-state index contributed by atoms with van der Waals surface area (Å²) in [6, 6.07) is 10.5. The molecule has 0 aliphatic heterocycles. The monoisotopic (exact) mass is 215 g/mol. The van der Waals surface area contributed by atoms with E-state index in [1.54, 1.807) is 6.21 Å². The van der Waals surface area contributed by atoms with Gasteiger partial charge in [-0.1, -0.05) is 41.1 Å². The van der Waals surface area contributed by atoms with E-state index in [1.165, 1.54) is 23.1 Å². The lowest BCUT2D eigenvalue weighted by Gasteiger charge is -2.04. The van der Waals surface area contributed by atoms with Crippen LogP contribution in [0.3, 0.4) is 0 Å². The van der Waals surface area contributed by atoms with Crippen molar-refractivity contribution in [1.29, 1.82) is 0 Å². The molecule has 16 heavy (non-hydrogen) atoms. The van der Waals surface area contributed by atoms with Gasteiger partial charge >= 0.3 is 0 Å². The number of allylic oxidation sites excluding steroid dienone is 2. The second-order valence-electron chi connectivity index (χ2n) is 4.21. The minimum Gasteiger partial charge on any atom is -0.411 e. The summed E-state index contributed by atoms with van der Waals surface area (Å²) in [5.74, 6) is 0. The van der Waals surface area contributed by atoms with Crippen LogP contribution in [0.15, 0.2) is 46.6 Å². The molecule has 0 amide bonds. The van der Waals surface area contributed by atoms with Gasteiger partial charge in [0.25, 0.3) is 0 Å². The molecule has 0 unspecified atom stereocenters. The van der Waals surface area contributed by atoms with E-state index < -0.39 is 0 Å². The Labute approximate surface area is 96.3 Å². The zero-order chi connectivity index (χ0) is 11.2. The van der Waals surface area contributed by atoms with Gasteiger partial charge in [0.1, 0.15) is 0 Å². The molecule has 0 saturated carbocycles. The molecule has 0 bridgehead atoms. The van der Waals surface area contributed by atoms with Crippen molar-refractivity contribution in [2.24, 2.45) is 5.16 Å². The van der Waals surface area contributed by atoms with Gasteiger partial charge in [-0.25, -0.2) is 0 Å². The first-order valence-corrected chi connectivity index (χ1v) is 5.82. The van der Waals surface area contributed by atoms with Gasteiger partial charge in [-0.3, -0.25) is 0 Å². The van der Waals surface area contributed by atoms with Gasteiger partial charge in [0.2, 0.25) is 0 Å². The van der Waals surface area contributed by atoms with E-state index in [2.05, 4.69) is 29.4 Å². The van der Waals surface area contributed by atoms with Crippen LogP contribution in [0.1, 0.15) is 31.2 Å². The highest BCUT2D eigenvalue weighted by atomic mass is 16.4. The molecule has 1 N–H and O–H groups in total. The van der Waals surface area contributed by atoms with Crippen molar-refractivity contribution >= 4 is 6.21 Å². The minimum absolute atomic E-state index is 1.06. The molecule has 0 atom stereocenters. The van der Waals surface area contributed by atoms with Crippen LogP contribution in [0.2, 0.25) is 0 Å². The second-order valence-corrected chi connectivity index (χ2v) is 4.21. The molecule has 2 heteroatoms. The van der Waals surface area contributed by atoms with E-state index in [-0.39, 0.29) is 0 Å². The molecule has 0 heterocycles. The van der Waals surface area contributed by atoms with E-state index in [0.717, 1.165) is 25.7 Å². The fourth-order valence-corrected chi connectivity index (χ4v) is 2.28. The lowest BCUT2D eigenvalue weighted by molar-refractivity contribution is 0.321. The van der Waals surface area contributed by atoms with Crippen LogP contribution in [0.25, 0.3) is 0 Å². The minimum atomic E-state index is 1.06. The molecule has 1 aliphatic carbocycles. The van der Waals surface area contributed by atoms with Crippen molar-refractivity contribution in [2.45, 2.75) is 32.1 Å². The molecule has 0 saturated heterocycles. The smallest absolute Gasteiger partial charge is 0.0693 e. The Morgan fingerprint density at radius 2 is 1.94 bits per heavy atom. The van der Waals surface area contributed by atoms with Crippen molar-refractivity contribution < 1.29 is 5.21 Å². The maximum atomic E-state index is 8.56. The molecule has 1 aromatic carbocycles. The lowest BCUT2D eigenvalue weighted by atomic mass is 10.0. The summed E-state index contributed by atoms with van der Waals surface area (Å²) in [6.07, 6.45) is 7.20. The number of nitrogens with zero attached hydrogens (tertiary/aromatic N) is 1. The third-order valence-electron chi connectivity index (χ3n) is 3.15. The van der Waals surface area contributed by atoms with Crippen molar-refractivity contribution in [3.8, 4) is 0 Å². The van der Waals surface area contributed by atoms with Crippen molar-refractivity contribution in [2.75, 3.05) is 0 Å². The lowest BCUT2D eigenvalue weighted by Crippen LogP contribution is -1.90. The predicted molar refractivity (Wildman–Crippen MR) is 65.9 cm³/mol. The van der Waals surface area contributed by atoms with Crippen molar-refractivity contribution in [3.63, 3.8) is 0 Å². The zero-order valence-electron chi connectivity index (χ0n) is 9.39. The Hall–Kier alpha value is -1.57. The Bertz CT molecular complexity index is 392. The Morgan fingerprint density at radius 3 is 2.69 bits per heavy atom. The standard InChI is InChI=1S/C14H17NO/c16-15-11-14-8-4-7-13(14)10-9-12-5-2-1-3-6-12/h1-3,5-6,11,16H,4,7-10H2/b15-11+. The van der Waals surface area contributed by atoms with Gasteiger partial charge < -0.3 is 5.21 Å². The number of hydrogen-bond acceptors (Lipinski definition) is 2. The Morgan fingerprint density at radius 1 is 1.12 bits per heavy atom. The molecular weight excluding hydrogens is 198 g/mol. The second kappa shape index (κ2) is 5.50. The molecule has 0 aromatic heterocycles. The number of hydrogen-bond donors (Lipinski definition) is 1. The first-order chi connectivity index (χ1) is 7.90. The van der Waals surface area contributed by atoms with Crippen LogP contribution in [-0.4, -0.2) is 11.4 Å². The van der Waals surface area contributed by atoms with Crippen LogP contribution < -0.4 is 0 Å². The molecule has 1 aliphatic rings. The number of aryl methyl sites for hydroxylation is 1. The number of benzene rings is 1. The van der Waals surface area contributed by atoms with E-state index in [1.807, 2.05) is 6.07 Å². The summed E-state index contributed by atoms with van der Waals surface area (Å²) in [5.41, 5.74) is 4.07. The highest BCUT2D eigenvalue weighted by Gasteiger charge is 2.12. The highest BCUT2D eigenvalue weighted by Crippen LogP contribution is 2.28. The van der Waals surface area contributed by atoms with Crippen LogP contribution in [0.4, 0.5) is 0 Å². The molecule has 2 nitrogen and oxygen atoms in total. The third-order valence-corrected chi connectivity index (χ3v) is 3.15. The molecule has 0 radical (unpaired) electrons. The van der Waals surface area contributed by atoms with E-state index in [9.17, 15) is 0 Å². The fourth-order valence-electron chi connectivity index (χ4n) is 2.28. The first kappa shape index (κ1) is 10.9. The average molecular weight is 215 g/mol. The van der Waals surface area contributed by atoms with E-state index in [0.29, 0.717) is 0 Å². The molecule has 84 valence electrons. The molecule has 1 aromatic rings. The van der Waals surface area contributed by atoms with Crippen LogP contribution in [0.5, 0.6) is 0 Å². The van der Waals surface area contributed by atoms with Crippen molar-refractivity contribution in [1.82, 2.24) is 0 Å². The van der Waals surface area contributed by atoms with Gasteiger partial charge in [-0.2, -0.15) is 0 Å². The summed E-state index contributed by atoms with van der Waals surface area (Å²) in [6.45, 7) is 0. The Balaban J connectivity index is 1.97. The molecule has 0 fully saturated rings. The maximum Gasteiger partial charge on any atom is 0.0693 e. The molecule has 0 spiro atoms. The number of oxime groups is 1. The molecule has 2 rings (SSSR count). The van der Waals surface area contributed by atoms with Crippen LogP contribution >= 0.6 is 0 Å². The quantitative estimate of drug-likeness (QED) is 0.465. The first-order valence-electron chi connectivity index (χ1n) is 5.82. The number of rotatable bonds is 4. The van der Waals surface area contributed by atoms with Gasteiger partial charge in [-0.15, -0.1) is 0 Å². The highest BCUT2D eigenvalue weighted by molar-refractivity contribution is 5.79. The topological polar surface area (TPSA) is 32.6 Å². The average Bonchev–Trinajstić information content (AvgIpc) is 2.76. The van der Waals surface area contributed by atoms with E-state index in [4.69, 9.17) is 5.21 Å². The van der Waals surface area contributed by atoms with Gasteiger partial charge in [-0.05, 0) is 43.2 Å².